The minimum atomic E-state index is 0.454. The van der Waals surface area contributed by atoms with Gasteiger partial charge in [-0.15, -0.1) is 0 Å². The van der Waals surface area contributed by atoms with E-state index in [9.17, 15) is 0 Å². The fourth-order valence-corrected chi connectivity index (χ4v) is 3.64. The van der Waals surface area contributed by atoms with Gasteiger partial charge < -0.3 is 4.74 Å². The fourth-order valence-electron chi connectivity index (χ4n) is 3.64. The maximum atomic E-state index is 5.39. The van der Waals surface area contributed by atoms with Crippen LogP contribution in [-0.4, -0.2) is 28.3 Å². The van der Waals surface area contributed by atoms with E-state index < -0.39 is 0 Å². The molecule has 2 heterocycles. The second-order valence-corrected chi connectivity index (χ2v) is 6.53. The number of para-hydroxylation sites is 1. The standard InChI is InChI=1S/C21H23N3O/c1-25-20-10-5-7-18(13-20)21-11-6-12-23(21)15-17-14-22-24(16-17)19-8-3-2-4-9-19/h2-5,7-10,13-14,16,21H,6,11-12,15H2,1H3. The first-order chi connectivity index (χ1) is 12.3. The summed E-state index contributed by atoms with van der Waals surface area (Å²) in [6, 6.07) is 19.2. The van der Waals surface area contributed by atoms with Crippen molar-refractivity contribution in [3.05, 3.63) is 78.1 Å². The fraction of sp³-hybridized carbons (Fsp3) is 0.286. The summed E-state index contributed by atoms with van der Waals surface area (Å²) in [5.41, 5.74) is 3.69. The third kappa shape index (κ3) is 3.44. The van der Waals surface area contributed by atoms with E-state index in [1.54, 1.807) is 7.11 Å². The van der Waals surface area contributed by atoms with Gasteiger partial charge in [-0.25, -0.2) is 4.68 Å². The molecule has 1 unspecified atom stereocenters. The van der Waals surface area contributed by atoms with Crippen LogP contribution in [0.4, 0.5) is 0 Å². The molecule has 3 aromatic rings. The number of aromatic nitrogens is 2. The molecular formula is C21H23N3O. The molecule has 4 heteroatoms. The Labute approximate surface area is 148 Å². The van der Waals surface area contributed by atoms with E-state index in [2.05, 4.69) is 46.5 Å². The van der Waals surface area contributed by atoms with Crippen LogP contribution in [0.25, 0.3) is 5.69 Å². The molecule has 1 fully saturated rings. The van der Waals surface area contributed by atoms with E-state index in [1.807, 2.05) is 35.1 Å². The average Bonchev–Trinajstić information content (AvgIpc) is 3.32. The topological polar surface area (TPSA) is 30.3 Å². The second kappa shape index (κ2) is 7.11. The lowest BCUT2D eigenvalue weighted by Crippen LogP contribution is -2.22. The summed E-state index contributed by atoms with van der Waals surface area (Å²) in [5.74, 6) is 0.932. The molecule has 0 aliphatic carbocycles. The Bertz CT molecular complexity index is 828. The van der Waals surface area contributed by atoms with Gasteiger partial charge in [-0.3, -0.25) is 4.90 Å². The van der Waals surface area contributed by atoms with Gasteiger partial charge >= 0.3 is 0 Å². The van der Waals surface area contributed by atoms with Crippen LogP contribution in [0.5, 0.6) is 5.75 Å². The highest BCUT2D eigenvalue weighted by Gasteiger charge is 2.26. The van der Waals surface area contributed by atoms with Gasteiger partial charge in [-0.05, 0) is 49.2 Å². The third-order valence-electron chi connectivity index (χ3n) is 4.88. The van der Waals surface area contributed by atoms with Crippen molar-refractivity contribution >= 4 is 0 Å². The van der Waals surface area contributed by atoms with Crippen molar-refractivity contribution in [2.24, 2.45) is 0 Å². The van der Waals surface area contributed by atoms with Gasteiger partial charge in [-0.2, -0.15) is 5.10 Å². The zero-order valence-corrected chi connectivity index (χ0v) is 14.5. The number of nitrogens with zero attached hydrogens (tertiary/aromatic N) is 3. The number of hydrogen-bond donors (Lipinski definition) is 0. The molecular weight excluding hydrogens is 310 g/mol. The van der Waals surface area contributed by atoms with E-state index in [0.717, 1.165) is 24.5 Å². The Hall–Kier alpha value is -2.59. The van der Waals surface area contributed by atoms with Crippen LogP contribution < -0.4 is 4.74 Å². The van der Waals surface area contributed by atoms with Crippen molar-refractivity contribution in [2.45, 2.75) is 25.4 Å². The van der Waals surface area contributed by atoms with E-state index in [-0.39, 0.29) is 0 Å². The normalized spacial score (nSPS) is 17.7. The van der Waals surface area contributed by atoms with Crippen LogP contribution in [0.1, 0.15) is 30.0 Å². The van der Waals surface area contributed by atoms with Crippen LogP contribution in [0.3, 0.4) is 0 Å². The van der Waals surface area contributed by atoms with Crippen molar-refractivity contribution in [2.75, 3.05) is 13.7 Å². The van der Waals surface area contributed by atoms with Gasteiger partial charge in [0.05, 0.1) is 19.0 Å². The maximum absolute atomic E-state index is 5.39. The Balaban J connectivity index is 1.51. The van der Waals surface area contributed by atoms with E-state index in [1.165, 1.54) is 24.0 Å². The van der Waals surface area contributed by atoms with Gasteiger partial charge in [0.15, 0.2) is 0 Å². The van der Waals surface area contributed by atoms with E-state index in [4.69, 9.17) is 4.74 Å². The molecule has 0 N–H and O–H groups in total. The van der Waals surface area contributed by atoms with Gasteiger partial charge in [0, 0.05) is 24.3 Å². The summed E-state index contributed by atoms with van der Waals surface area (Å²) in [5, 5.41) is 4.52. The minimum absolute atomic E-state index is 0.454. The summed E-state index contributed by atoms with van der Waals surface area (Å²) >= 11 is 0. The highest BCUT2D eigenvalue weighted by atomic mass is 16.5. The summed E-state index contributed by atoms with van der Waals surface area (Å²) < 4.78 is 7.34. The molecule has 0 amide bonds. The lowest BCUT2D eigenvalue weighted by molar-refractivity contribution is 0.248. The van der Waals surface area contributed by atoms with Crippen LogP contribution in [0.2, 0.25) is 0 Å². The number of ether oxygens (including phenoxy) is 1. The SMILES string of the molecule is COc1cccc(C2CCCN2Cc2cnn(-c3ccccc3)c2)c1. The molecule has 1 aromatic heterocycles. The number of likely N-dealkylation sites (tertiary alicyclic amines) is 1. The zero-order chi connectivity index (χ0) is 17.1. The van der Waals surface area contributed by atoms with Crippen LogP contribution in [0, 0.1) is 0 Å². The lowest BCUT2D eigenvalue weighted by atomic mass is 10.0. The molecule has 1 aliphatic heterocycles. The van der Waals surface area contributed by atoms with Crippen LogP contribution >= 0.6 is 0 Å². The largest absolute Gasteiger partial charge is 0.497 e. The Kier molecular flexibility index (Phi) is 4.53. The number of rotatable bonds is 5. The summed E-state index contributed by atoms with van der Waals surface area (Å²) in [6.45, 7) is 2.05. The number of methoxy groups -OCH3 is 1. The molecule has 128 valence electrons. The van der Waals surface area contributed by atoms with Crippen molar-refractivity contribution in [1.29, 1.82) is 0 Å². The average molecular weight is 333 g/mol. The van der Waals surface area contributed by atoms with Gasteiger partial charge in [0.25, 0.3) is 0 Å². The molecule has 0 saturated carbocycles. The smallest absolute Gasteiger partial charge is 0.119 e. The van der Waals surface area contributed by atoms with Crippen LogP contribution in [0.15, 0.2) is 67.0 Å². The Morgan fingerprint density at radius 3 is 2.84 bits per heavy atom. The third-order valence-corrected chi connectivity index (χ3v) is 4.88. The predicted octanol–water partition coefficient (Wildman–Crippen LogP) is 4.22. The summed E-state index contributed by atoms with van der Waals surface area (Å²) in [6.07, 6.45) is 6.54. The molecule has 0 spiro atoms. The quantitative estimate of drug-likeness (QED) is 0.700. The Morgan fingerprint density at radius 1 is 1.12 bits per heavy atom. The number of hydrogen-bond acceptors (Lipinski definition) is 3. The molecule has 0 radical (unpaired) electrons. The molecule has 25 heavy (non-hydrogen) atoms. The summed E-state index contributed by atoms with van der Waals surface area (Å²) in [4.78, 5) is 2.54. The highest BCUT2D eigenvalue weighted by molar-refractivity contribution is 5.32. The molecule has 0 bridgehead atoms. The predicted molar refractivity (Wildman–Crippen MR) is 98.9 cm³/mol. The molecule has 4 rings (SSSR count). The van der Waals surface area contributed by atoms with Crippen LogP contribution in [-0.2, 0) is 6.54 Å². The monoisotopic (exact) mass is 333 g/mol. The first-order valence-corrected chi connectivity index (χ1v) is 8.80. The number of benzene rings is 2. The lowest BCUT2D eigenvalue weighted by Gasteiger charge is -2.24. The van der Waals surface area contributed by atoms with Crippen molar-refractivity contribution in [1.82, 2.24) is 14.7 Å². The van der Waals surface area contributed by atoms with Crippen molar-refractivity contribution in [3.63, 3.8) is 0 Å². The Morgan fingerprint density at radius 2 is 2.00 bits per heavy atom. The highest BCUT2D eigenvalue weighted by Crippen LogP contribution is 2.34. The maximum Gasteiger partial charge on any atom is 0.119 e. The molecule has 1 saturated heterocycles. The van der Waals surface area contributed by atoms with E-state index in [0.29, 0.717) is 6.04 Å². The van der Waals surface area contributed by atoms with Crippen molar-refractivity contribution < 1.29 is 4.74 Å². The van der Waals surface area contributed by atoms with E-state index >= 15 is 0 Å². The first kappa shape index (κ1) is 15.9. The zero-order valence-electron chi connectivity index (χ0n) is 14.5. The molecule has 1 atom stereocenters. The molecule has 1 aliphatic rings. The second-order valence-electron chi connectivity index (χ2n) is 6.53. The first-order valence-electron chi connectivity index (χ1n) is 8.80. The summed E-state index contributed by atoms with van der Waals surface area (Å²) in [7, 11) is 1.73. The molecule has 4 nitrogen and oxygen atoms in total. The van der Waals surface area contributed by atoms with Gasteiger partial charge in [-0.1, -0.05) is 30.3 Å². The van der Waals surface area contributed by atoms with Gasteiger partial charge in [0.2, 0.25) is 0 Å². The molecule has 2 aromatic carbocycles. The van der Waals surface area contributed by atoms with Crippen molar-refractivity contribution in [3.8, 4) is 11.4 Å². The minimum Gasteiger partial charge on any atom is -0.497 e. The van der Waals surface area contributed by atoms with Gasteiger partial charge in [0.1, 0.15) is 5.75 Å².